The standard InChI is InChI=1S/C55H41N5/c1-36-12-18-39(19-13-36)54(46-8-4-32-56-50(46)51-47(54)9-5-33-57-51)41-22-28-44(29-23-41)60(43-26-16-38(3)17-27-43)45-30-24-42(25-31-45)55(40-20-14-37(2)15-21-40)48-10-6-34-58-52(48)53-49(55)11-7-35-59-53/h4-35H,1-3H3. The predicted octanol–water partition coefficient (Wildman–Crippen LogP) is 12.4. The van der Waals surface area contributed by atoms with Crippen molar-refractivity contribution in [3.05, 3.63) is 256 Å². The second-order valence-corrected chi connectivity index (χ2v) is 16.1. The molecule has 0 bridgehead atoms. The Morgan fingerprint density at radius 3 is 0.817 bits per heavy atom. The Kier molecular flexibility index (Phi) is 8.21. The highest BCUT2D eigenvalue weighted by Gasteiger charge is 2.49. The third kappa shape index (κ3) is 5.18. The lowest BCUT2D eigenvalue weighted by molar-refractivity contribution is 0.763. The van der Waals surface area contributed by atoms with Crippen LogP contribution in [0.2, 0.25) is 0 Å². The molecule has 0 spiro atoms. The molecule has 0 aliphatic heterocycles. The lowest BCUT2D eigenvalue weighted by atomic mass is 9.68. The van der Waals surface area contributed by atoms with E-state index in [4.69, 9.17) is 19.9 Å². The van der Waals surface area contributed by atoms with Crippen molar-refractivity contribution >= 4 is 17.1 Å². The zero-order valence-electron chi connectivity index (χ0n) is 33.7. The summed E-state index contributed by atoms with van der Waals surface area (Å²) in [4.78, 5) is 22.0. The van der Waals surface area contributed by atoms with E-state index in [1.165, 1.54) is 27.8 Å². The Balaban J connectivity index is 1.07. The Hall–Kier alpha value is -7.50. The summed E-state index contributed by atoms with van der Waals surface area (Å²) < 4.78 is 0. The molecule has 4 aromatic heterocycles. The molecule has 4 heterocycles. The van der Waals surface area contributed by atoms with Crippen LogP contribution in [0, 0.1) is 20.8 Å². The lowest BCUT2D eigenvalue weighted by Crippen LogP contribution is -2.29. The van der Waals surface area contributed by atoms with Gasteiger partial charge in [-0.3, -0.25) is 19.9 Å². The van der Waals surface area contributed by atoms with E-state index in [2.05, 4.69) is 171 Å². The maximum atomic E-state index is 4.91. The summed E-state index contributed by atoms with van der Waals surface area (Å²) in [5.41, 5.74) is 18.7. The number of aryl methyl sites for hydroxylation is 3. The van der Waals surface area contributed by atoms with Gasteiger partial charge in [-0.2, -0.15) is 0 Å². The van der Waals surface area contributed by atoms with Gasteiger partial charge in [0.1, 0.15) is 0 Å². The number of aromatic nitrogens is 4. The molecule has 5 heteroatoms. The van der Waals surface area contributed by atoms with Crippen molar-refractivity contribution < 1.29 is 0 Å². The molecule has 0 fully saturated rings. The van der Waals surface area contributed by atoms with Crippen LogP contribution >= 0.6 is 0 Å². The van der Waals surface area contributed by atoms with Gasteiger partial charge in [-0.15, -0.1) is 0 Å². The minimum absolute atomic E-state index is 0.586. The fourth-order valence-electron chi connectivity index (χ4n) is 9.92. The summed E-state index contributed by atoms with van der Waals surface area (Å²) in [6.07, 6.45) is 7.49. The van der Waals surface area contributed by atoms with E-state index in [0.29, 0.717) is 0 Å². The van der Waals surface area contributed by atoms with Crippen LogP contribution in [-0.4, -0.2) is 19.9 Å². The Bertz CT molecular complexity index is 2760. The number of anilines is 3. The summed E-state index contributed by atoms with van der Waals surface area (Å²) >= 11 is 0. The number of nitrogens with zero attached hydrogens (tertiary/aromatic N) is 5. The second kappa shape index (κ2) is 13.8. The smallest absolute Gasteiger partial charge is 0.0937 e. The van der Waals surface area contributed by atoms with Crippen LogP contribution in [-0.2, 0) is 10.8 Å². The van der Waals surface area contributed by atoms with Gasteiger partial charge < -0.3 is 4.90 Å². The SMILES string of the molecule is Cc1ccc(N(c2ccc(C3(c4ccc(C)cc4)c4cccnc4-c4ncccc43)cc2)c2ccc(C3(c4ccc(C)cc4)c4cccnc4-c4ncccc43)cc2)cc1. The highest BCUT2D eigenvalue weighted by Crippen LogP contribution is 2.56. The van der Waals surface area contributed by atoms with Crippen molar-refractivity contribution in [2.75, 3.05) is 4.90 Å². The Labute approximate surface area is 350 Å². The summed E-state index contributed by atoms with van der Waals surface area (Å²) in [5.74, 6) is 0. The van der Waals surface area contributed by atoms with E-state index in [-0.39, 0.29) is 0 Å². The highest BCUT2D eigenvalue weighted by atomic mass is 15.1. The van der Waals surface area contributed by atoms with Crippen LogP contribution in [0.1, 0.15) is 61.2 Å². The zero-order valence-corrected chi connectivity index (χ0v) is 33.7. The molecule has 0 N–H and O–H groups in total. The molecule has 0 amide bonds. The second-order valence-electron chi connectivity index (χ2n) is 16.1. The molecule has 2 aliphatic carbocycles. The average Bonchev–Trinajstić information content (AvgIpc) is 3.77. The van der Waals surface area contributed by atoms with Gasteiger partial charge in [-0.05, 0) is 126 Å². The first-order chi connectivity index (χ1) is 29.5. The van der Waals surface area contributed by atoms with E-state index in [0.717, 1.165) is 73.2 Å². The summed E-state index contributed by atoms with van der Waals surface area (Å²) in [7, 11) is 0. The Morgan fingerprint density at radius 2 is 0.533 bits per heavy atom. The van der Waals surface area contributed by atoms with E-state index in [1.807, 2.05) is 49.1 Å². The van der Waals surface area contributed by atoms with Crippen molar-refractivity contribution in [1.82, 2.24) is 19.9 Å². The number of pyridine rings is 4. The van der Waals surface area contributed by atoms with E-state index in [9.17, 15) is 0 Å². The number of rotatable bonds is 7. The fraction of sp³-hybridized carbons (Fsp3) is 0.0909. The van der Waals surface area contributed by atoms with Gasteiger partial charge in [0, 0.05) is 41.8 Å². The molecule has 2 aliphatic rings. The largest absolute Gasteiger partial charge is 0.311 e. The third-order valence-electron chi connectivity index (χ3n) is 12.7. The van der Waals surface area contributed by atoms with E-state index < -0.39 is 10.8 Å². The van der Waals surface area contributed by atoms with Crippen molar-refractivity contribution in [1.29, 1.82) is 0 Å². The molecule has 0 unspecified atom stereocenters. The van der Waals surface area contributed by atoms with Crippen molar-refractivity contribution in [3.63, 3.8) is 0 Å². The van der Waals surface area contributed by atoms with Crippen LogP contribution in [0.15, 0.2) is 195 Å². The molecule has 9 aromatic rings. The number of fused-ring (bicyclic) bond motifs is 6. The van der Waals surface area contributed by atoms with Gasteiger partial charge in [0.15, 0.2) is 0 Å². The number of benzene rings is 5. The molecule has 0 saturated carbocycles. The van der Waals surface area contributed by atoms with Gasteiger partial charge in [0.2, 0.25) is 0 Å². The summed E-state index contributed by atoms with van der Waals surface area (Å²) in [6, 6.07) is 61.9. The predicted molar refractivity (Wildman–Crippen MR) is 241 cm³/mol. The molecule has 0 atom stereocenters. The average molecular weight is 772 g/mol. The van der Waals surface area contributed by atoms with Gasteiger partial charge in [-0.1, -0.05) is 126 Å². The highest BCUT2D eigenvalue weighted by molar-refractivity contribution is 5.85. The normalized spacial score (nSPS) is 13.8. The maximum Gasteiger partial charge on any atom is 0.0937 e. The summed E-state index contributed by atoms with van der Waals surface area (Å²) in [5, 5.41) is 0. The first-order valence-electron chi connectivity index (χ1n) is 20.5. The first-order valence-corrected chi connectivity index (χ1v) is 20.5. The van der Waals surface area contributed by atoms with Crippen molar-refractivity contribution in [2.45, 2.75) is 31.6 Å². The van der Waals surface area contributed by atoms with Gasteiger partial charge in [0.05, 0.1) is 33.6 Å². The van der Waals surface area contributed by atoms with Crippen molar-refractivity contribution in [3.8, 4) is 22.8 Å². The number of hydrogen-bond acceptors (Lipinski definition) is 5. The van der Waals surface area contributed by atoms with Crippen LogP contribution in [0.5, 0.6) is 0 Å². The third-order valence-corrected chi connectivity index (χ3v) is 12.7. The lowest BCUT2D eigenvalue weighted by Gasteiger charge is -2.34. The van der Waals surface area contributed by atoms with Crippen molar-refractivity contribution in [2.24, 2.45) is 0 Å². The molecular weight excluding hydrogens is 731 g/mol. The quantitative estimate of drug-likeness (QED) is 0.161. The molecule has 286 valence electrons. The topological polar surface area (TPSA) is 54.8 Å². The van der Waals surface area contributed by atoms with Crippen LogP contribution < -0.4 is 4.90 Å². The van der Waals surface area contributed by atoms with Gasteiger partial charge in [0.25, 0.3) is 0 Å². The summed E-state index contributed by atoms with van der Waals surface area (Å²) in [6.45, 7) is 6.41. The molecule has 5 aromatic carbocycles. The van der Waals surface area contributed by atoms with E-state index >= 15 is 0 Å². The van der Waals surface area contributed by atoms with E-state index in [1.54, 1.807) is 0 Å². The molecule has 60 heavy (non-hydrogen) atoms. The molecule has 0 saturated heterocycles. The Morgan fingerprint density at radius 1 is 0.300 bits per heavy atom. The zero-order chi connectivity index (χ0) is 40.4. The number of hydrogen-bond donors (Lipinski definition) is 0. The minimum atomic E-state index is -0.586. The van der Waals surface area contributed by atoms with Crippen LogP contribution in [0.25, 0.3) is 22.8 Å². The molecule has 0 radical (unpaired) electrons. The van der Waals surface area contributed by atoms with Crippen LogP contribution in [0.4, 0.5) is 17.1 Å². The maximum absolute atomic E-state index is 4.91. The minimum Gasteiger partial charge on any atom is -0.311 e. The van der Waals surface area contributed by atoms with Crippen LogP contribution in [0.3, 0.4) is 0 Å². The monoisotopic (exact) mass is 771 g/mol. The fourth-order valence-corrected chi connectivity index (χ4v) is 9.92. The molecule has 11 rings (SSSR count). The molecule has 5 nitrogen and oxygen atoms in total. The first kappa shape index (κ1) is 35.6. The van der Waals surface area contributed by atoms with Gasteiger partial charge in [-0.25, -0.2) is 0 Å². The van der Waals surface area contributed by atoms with Gasteiger partial charge >= 0.3 is 0 Å². The molecular formula is C55H41N5.